The number of nitrogens with zero attached hydrogens (tertiary/aromatic N) is 2. The smallest absolute Gasteiger partial charge is 0.179 e. The van der Waals surface area contributed by atoms with Crippen molar-refractivity contribution in [3.05, 3.63) is 41.4 Å². The van der Waals surface area contributed by atoms with Crippen molar-refractivity contribution in [3.63, 3.8) is 0 Å². The van der Waals surface area contributed by atoms with E-state index in [-0.39, 0.29) is 0 Å². The first-order chi connectivity index (χ1) is 11.7. The van der Waals surface area contributed by atoms with E-state index in [0.717, 1.165) is 38.0 Å². The molecule has 1 aromatic heterocycles. The molecule has 6 heteroatoms. The number of rotatable bonds is 11. The molecule has 1 aromatic carbocycles. The van der Waals surface area contributed by atoms with Crippen LogP contribution in [0.4, 0.5) is 0 Å². The molecule has 0 unspecified atom stereocenters. The van der Waals surface area contributed by atoms with Gasteiger partial charge in [0, 0.05) is 25.5 Å². The summed E-state index contributed by atoms with van der Waals surface area (Å²) >= 11 is 6.37. The van der Waals surface area contributed by atoms with E-state index in [1.165, 1.54) is 0 Å². The SMILES string of the molecule is CCCOc1c(Cl)cc(CNCCCn2ccnc2)cc1OCC. The van der Waals surface area contributed by atoms with Gasteiger partial charge in [0.15, 0.2) is 11.5 Å². The second-order valence-corrected chi connectivity index (χ2v) is 5.92. The van der Waals surface area contributed by atoms with Crippen LogP contribution in [-0.2, 0) is 13.1 Å². The topological polar surface area (TPSA) is 48.3 Å². The molecule has 132 valence electrons. The summed E-state index contributed by atoms with van der Waals surface area (Å²) < 4.78 is 13.5. The lowest BCUT2D eigenvalue weighted by Gasteiger charge is -2.15. The minimum Gasteiger partial charge on any atom is -0.490 e. The molecule has 0 aliphatic rings. The van der Waals surface area contributed by atoms with Crippen molar-refractivity contribution < 1.29 is 9.47 Å². The zero-order valence-corrected chi connectivity index (χ0v) is 15.2. The van der Waals surface area contributed by atoms with E-state index in [4.69, 9.17) is 21.1 Å². The van der Waals surface area contributed by atoms with Crippen LogP contribution in [0.15, 0.2) is 30.9 Å². The third kappa shape index (κ3) is 5.73. The summed E-state index contributed by atoms with van der Waals surface area (Å²) in [5.74, 6) is 1.36. The van der Waals surface area contributed by atoms with Crippen molar-refractivity contribution in [2.75, 3.05) is 19.8 Å². The molecule has 0 fully saturated rings. The highest BCUT2D eigenvalue weighted by atomic mass is 35.5. The van der Waals surface area contributed by atoms with E-state index in [1.54, 1.807) is 6.20 Å². The van der Waals surface area contributed by atoms with Gasteiger partial charge in [0.05, 0.1) is 24.6 Å². The number of imidazole rings is 1. The Labute approximate surface area is 148 Å². The number of nitrogens with one attached hydrogen (secondary N) is 1. The Hall–Kier alpha value is -1.72. The van der Waals surface area contributed by atoms with Crippen LogP contribution in [-0.4, -0.2) is 29.3 Å². The van der Waals surface area contributed by atoms with Gasteiger partial charge in [-0.05, 0) is 44.0 Å². The Morgan fingerprint density at radius 3 is 2.83 bits per heavy atom. The Kier molecular flexibility index (Phi) is 7.92. The largest absolute Gasteiger partial charge is 0.490 e. The summed E-state index contributed by atoms with van der Waals surface area (Å²) in [7, 11) is 0. The molecule has 0 saturated heterocycles. The molecule has 0 radical (unpaired) electrons. The lowest BCUT2D eigenvalue weighted by atomic mass is 10.2. The highest BCUT2D eigenvalue weighted by Gasteiger charge is 2.12. The summed E-state index contributed by atoms with van der Waals surface area (Å²) in [6.07, 6.45) is 7.58. The average Bonchev–Trinajstić information content (AvgIpc) is 3.07. The zero-order valence-electron chi connectivity index (χ0n) is 14.4. The number of halogens is 1. The van der Waals surface area contributed by atoms with Gasteiger partial charge in [-0.25, -0.2) is 4.98 Å². The number of aromatic nitrogens is 2. The molecule has 1 N–H and O–H groups in total. The Bertz CT molecular complexity index is 603. The molecule has 0 spiro atoms. The van der Waals surface area contributed by atoms with Crippen LogP contribution in [0.1, 0.15) is 32.3 Å². The van der Waals surface area contributed by atoms with Gasteiger partial charge >= 0.3 is 0 Å². The van der Waals surface area contributed by atoms with E-state index < -0.39 is 0 Å². The van der Waals surface area contributed by atoms with Crippen molar-refractivity contribution in [2.45, 2.75) is 39.8 Å². The number of ether oxygens (including phenoxy) is 2. The van der Waals surface area contributed by atoms with Gasteiger partial charge in [-0.3, -0.25) is 0 Å². The quantitative estimate of drug-likeness (QED) is 0.624. The van der Waals surface area contributed by atoms with E-state index in [1.807, 2.05) is 31.6 Å². The number of hydrogen-bond acceptors (Lipinski definition) is 4. The van der Waals surface area contributed by atoms with Gasteiger partial charge < -0.3 is 19.4 Å². The Morgan fingerprint density at radius 1 is 1.25 bits per heavy atom. The summed E-state index contributed by atoms with van der Waals surface area (Å²) in [6, 6.07) is 3.95. The fraction of sp³-hybridized carbons (Fsp3) is 0.500. The van der Waals surface area contributed by atoms with Gasteiger partial charge in [0.25, 0.3) is 0 Å². The van der Waals surface area contributed by atoms with Crippen molar-refractivity contribution in [1.29, 1.82) is 0 Å². The minimum atomic E-state index is 0.584. The van der Waals surface area contributed by atoms with Gasteiger partial charge in [-0.15, -0.1) is 0 Å². The monoisotopic (exact) mass is 351 g/mol. The first-order valence-electron chi connectivity index (χ1n) is 8.49. The standard InChI is InChI=1S/C18H26ClN3O2/c1-3-10-24-18-16(19)11-15(12-17(18)23-4-2)13-20-6-5-8-22-9-7-21-14-22/h7,9,11-12,14,20H,3-6,8,10,13H2,1-2H3. The summed E-state index contributed by atoms with van der Waals surface area (Å²) in [5, 5.41) is 4.04. The third-order valence-electron chi connectivity index (χ3n) is 3.48. The lowest BCUT2D eigenvalue weighted by molar-refractivity contribution is 0.277. The van der Waals surface area contributed by atoms with Crippen LogP contribution in [0.5, 0.6) is 11.5 Å². The lowest BCUT2D eigenvalue weighted by Crippen LogP contribution is -2.16. The predicted octanol–water partition coefficient (Wildman–Crippen LogP) is 3.90. The normalized spacial score (nSPS) is 10.8. The molecule has 24 heavy (non-hydrogen) atoms. The molecule has 0 bridgehead atoms. The van der Waals surface area contributed by atoms with Gasteiger partial charge in [0.1, 0.15) is 0 Å². The van der Waals surface area contributed by atoms with Crippen LogP contribution < -0.4 is 14.8 Å². The zero-order chi connectivity index (χ0) is 17.2. The summed E-state index contributed by atoms with van der Waals surface area (Å²) in [5.41, 5.74) is 1.09. The molecule has 2 aromatic rings. The fourth-order valence-electron chi connectivity index (χ4n) is 2.37. The first kappa shape index (κ1) is 18.6. The predicted molar refractivity (Wildman–Crippen MR) is 97.0 cm³/mol. The minimum absolute atomic E-state index is 0.584. The van der Waals surface area contributed by atoms with E-state index >= 15 is 0 Å². The third-order valence-corrected chi connectivity index (χ3v) is 3.76. The molecule has 0 amide bonds. The maximum atomic E-state index is 6.37. The van der Waals surface area contributed by atoms with Crippen LogP contribution in [0, 0.1) is 0 Å². The van der Waals surface area contributed by atoms with Crippen LogP contribution >= 0.6 is 11.6 Å². The molecule has 0 saturated carbocycles. The van der Waals surface area contributed by atoms with Crippen molar-refractivity contribution in [1.82, 2.24) is 14.9 Å². The molecular formula is C18H26ClN3O2. The second-order valence-electron chi connectivity index (χ2n) is 5.52. The van der Waals surface area contributed by atoms with Gasteiger partial charge in [0.2, 0.25) is 0 Å². The van der Waals surface area contributed by atoms with E-state index in [0.29, 0.717) is 29.7 Å². The van der Waals surface area contributed by atoms with E-state index in [2.05, 4.69) is 21.8 Å². The van der Waals surface area contributed by atoms with Crippen molar-refractivity contribution in [2.24, 2.45) is 0 Å². The van der Waals surface area contributed by atoms with Gasteiger partial charge in [-0.1, -0.05) is 18.5 Å². The molecule has 5 nitrogen and oxygen atoms in total. The Balaban J connectivity index is 1.87. The molecule has 0 aliphatic carbocycles. The average molecular weight is 352 g/mol. The Morgan fingerprint density at radius 2 is 2.12 bits per heavy atom. The van der Waals surface area contributed by atoms with Crippen LogP contribution in [0.3, 0.4) is 0 Å². The second kappa shape index (κ2) is 10.2. The molecule has 0 atom stereocenters. The van der Waals surface area contributed by atoms with Gasteiger partial charge in [-0.2, -0.15) is 0 Å². The van der Waals surface area contributed by atoms with Crippen molar-refractivity contribution >= 4 is 11.6 Å². The van der Waals surface area contributed by atoms with Crippen molar-refractivity contribution in [3.8, 4) is 11.5 Å². The summed E-state index contributed by atoms with van der Waals surface area (Å²) in [6.45, 7) is 7.87. The number of aryl methyl sites for hydroxylation is 1. The van der Waals surface area contributed by atoms with E-state index in [9.17, 15) is 0 Å². The highest BCUT2D eigenvalue weighted by Crippen LogP contribution is 2.36. The summed E-state index contributed by atoms with van der Waals surface area (Å²) in [4.78, 5) is 4.04. The maximum Gasteiger partial charge on any atom is 0.179 e. The first-order valence-corrected chi connectivity index (χ1v) is 8.86. The molecular weight excluding hydrogens is 326 g/mol. The number of benzene rings is 1. The molecule has 1 heterocycles. The maximum absolute atomic E-state index is 6.37. The fourth-order valence-corrected chi connectivity index (χ4v) is 2.66. The van der Waals surface area contributed by atoms with Crippen LogP contribution in [0.2, 0.25) is 5.02 Å². The highest BCUT2D eigenvalue weighted by molar-refractivity contribution is 6.32. The molecule has 2 rings (SSSR count). The van der Waals surface area contributed by atoms with Crippen LogP contribution in [0.25, 0.3) is 0 Å². The molecule has 0 aliphatic heterocycles. The number of hydrogen-bond donors (Lipinski definition) is 1.